The lowest BCUT2D eigenvalue weighted by Gasteiger charge is -2.35. The number of hydrogen-bond donors (Lipinski definition) is 1. The van der Waals surface area contributed by atoms with Gasteiger partial charge in [0.1, 0.15) is 5.82 Å². The van der Waals surface area contributed by atoms with Crippen molar-refractivity contribution in [3.63, 3.8) is 0 Å². The second-order valence-corrected chi connectivity index (χ2v) is 4.95. The highest BCUT2D eigenvalue weighted by atomic mass is 32.1. The van der Waals surface area contributed by atoms with E-state index in [1.807, 2.05) is 0 Å². The van der Waals surface area contributed by atoms with Crippen LogP contribution in [0.3, 0.4) is 0 Å². The zero-order valence-corrected chi connectivity index (χ0v) is 10.3. The summed E-state index contributed by atoms with van der Waals surface area (Å²) in [6.45, 7) is 8.58. The smallest absolute Gasteiger partial charge is 0.205 e. The van der Waals surface area contributed by atoms with Gasteiger partial charge >= 0.3 is 0 Å². The summed E-state index contributed by atoms with van der Waals surface area (Å²) >= 11 is 1.52. The lowest BCUT2D eigenvalue weighted by molar-refractivity contribution is 0.406. The Balaban J connectivity index is 2.09. The highest BCUT2D eigenvalue weighted by Gasteiger charge is 2.23. The minimum absolute atomic E-state index is 0.530. The molecule has 0 amide bonds. The minimum atomic E-state index is 0.530. The standard InChI is InChI=1S/C10H18N4S/c1-4-9-12-10(15-13-9)14-5-7(2)11-8(3)6-14/h7-8,11H,4-6H2,1-3H3. The molecule has 1 aliphatic heterocycles. The van der Waals surface area contributed by atoms with E-state index in [2.05, 4.69) is 40.3 Å². The fourth-order valence-electron chi connectivity index (χ4n) is 2.00. The van der Waals surface area contributed by atoms with Crippen LogP contribution in [0.25, 0.3) is 0 Å². The van der Waals surface area contributed by atoms with Gasteiger partial charge < -0.3 is 10.2 Å². The quantitative estimate of drug-likeness (QED) is 0.825. The Morgan fingerprint density at radius 1 is 1.40 bits per heavy atom. The molecule has 4 nitrogen and oxygen atoms in total. The van der Waals surface area contributed by atoms with Crippen molar-refractivity contribution >= 4 is 16.7 Å². The van der Waals surface area contributed by atoms with Gasteiger partial charge in [-0.2, -0.15) is 4.37 Å². The summed E-state index contributed by atoms with van der Waals surface area (Å²) in [5.74, 6) is 0.967. The molecule has 0 aliphatic carbocycles. The lowest BCUT2D eigenvalue weighted by Crippen LogP contribution is -2.54. The zero-order valence-electron chi connectivity index (χ0n) is 9.53. The second kappa shape index (κ2) is 4.45. The first kappa shape index (κ1) is 10.8. The van der Waals surface area contributed by atoms with Gasteiger partial charge in [-0.25, -0.2) is 4.98 Å². The van der Waals surface area contributed by atoms with Crippen molar-refractivity contribution in [2.75, 3.05) is 18.0 Å². The van der Waals surface area contributed by atoms with Gasteiger partial charge in [0.25, 0.3) is 0 Å². The molecule has 1 fully saturated rings. The molecule has 2 unspecified atom stereocenters. The summed E-state index contributed by atoms with van der Waals surface area (Å²) in [5.41, 5.74) is 0. The van der Waals surface area contributed by atoms with Gasteiger partial charge in [0.15, 0.2) is 0 Å². The Labute approximate surface area is 94.9 Å². The van der Waals surface area contributed by atoms with Crippen LogP contribution in [0.15, 0.2) is 0 Å². The van der Waals surface area contributed by atoms with Crippen molar-refractivity contribution < 1.29 is 0 Å². The van der Waals surface area contributed by atoms with Gasteiger partial charge in [-0.1, -0.05) is 6.92 Å². The van der Waals surface area contributed by atoms with Crippen LogP contribution in [0.1, 0.15) is 26.6 Å². The van der Waals surface area contributed by atoms with E-state index in [0.29, 0.717) is 12.1 Å². The van der Waals surface area contributed by atoms with E-state index in [-0.39, 0.29) is 0 Å². The predicted octanol–water partition coefficient (Wildman–Crippen LogP) is 1.29. The number of aromatic nitrogens is 2. The monoisotopic (exact) mass is 226 g/mol. The molecule has 2 heterocycles. The molecule has 84 valence electrons. The van der Waals surface area contributed by atoms with Gasteiger partial charge in [0, 0.05) is 43.1 Å². The van der Waals surface area contributed by atoms with E-state index < -0.39 is 0 Å². The number of nitrogens with one attached hydrogen (secondary N) is 1. The molecular weight excluding hydrogens is 208 g/mol. The highest BCUT2D eigenvalue weighted by Crippen LogP contribution is 2.20. The third-order valence-electron chi connectivity index (χ3n) is 2.60. The second-order valence-electron chi connectivity index (χ2n) is 4.22. The minimum Gasteiger partial charge on any atom is -0.344 e. The summed E-state index contributed by atoms with van der Waals surface area (Å²) in [6.07, 6.45) is 0.924. The summed E-state index contributed by atoms with van der Waals surface area (Å²) in [5, 5.41) is 4.59. The number of anilines is 1. The van der Waals surface area contributed by atoms with Crippen molar-refractivity contribution in [3.8, 4) is 0 Å². The van der Waals surface area contributed by atoms with Crippen molar-refractivity contribution in [2.24, 2.45) is 0 Å². The van der Waals surface area contributed by atoms with Crippen LogP contribution < -0.4 is 10.2 Å². The molecule has 1 N–H and O–H groups in total. The van der Waals surface area contributed by atoms with Gasteiger partial charge in [-0.3, -0.25) is 0 Å². The molecule has 0 spiro atoms. The van der Waals surface area contributed by atoms with E-state index in [1.54, 1.807) is 0 Å². The average molecular weight is 226 g/mol. The van der Waals surface area contributed by atoms with E-state index in [4.69, 9.17) is 0 Å². The number of piperazine rings is 1. The molecule has 1 aromatic heterocycles. The first-order chi connectivity index (χ1) is 7.19. The summed E-state index contributed by atoms with van der Waals surface area (Å²) in [7, 11) is 0. The van der Waals surface area contributed by atoms with Gasteiger partial charge in [-0.15, -0.1) is 0 Å². The molecular formula is C10H18N4S. The topological polar surface area (TPSA) is 41.1 Å². The molecule has 5 heteroatoms. The van der Waals surface area contributed by atoms with E-state index in [9.17, 15) is 0 Å². The first-order valence-electron chi connectivity index (χ1n) is 5.52. The van der Waals surface area contributed by atoms with E-state index >= 15 is 0 Å². The normalized spacial score (nSPS) is 27.0. The van der Waals surface area contributed by atoms with Crippen molar-refractivity contribution in [2.45, 2.75) is 39.3 Å². The van der Waals surface area contributed by atoms with Crippen molar-refractivity contribution in [1.82, 2.24) is 14.7 Å². The van der Waals surface area contributed by atoms with Crippen molar-refractivity contribution in [3.05, 3.63) is 5.82 Å². The largest absolute Gasteiger partial charge is 0.344 e. The SMILES string of the molecule is CCc1nsc(N2CC(C)NC(C)C2)n1. The third-order valence-corrected chi connectivity index (χ3v) is 3.42. The van der Waals surface area contributed by atoms with Crippen LogP contribution in [0.5, 0.6) is 0 Å². The molecule has 2 rings (SSSR count). The van der Waals surface area contributed by atoms with Crippen LogP contribution in [-0.4, -0.2) is 34.5 Å². The van der Waals surface area contributed by atoms with Crippen LogP contribution >= 0.6 is 11.5 Å². The summed E-state index contributed by atoms with van der Waals surface area (Å²) in [6, 6.07) is 1.06. The maximum absolute atomic E-state index is 4.53. The summed E-state index contributed by atoms with van der Waals surface area (Å²) in [4.78, 5) is 6.86. The Hall–Kier alpha value is -0.680. The molecule has 1 aliphatic rings. The molecule has 0 saturated carbocycles. The molecule has 1 aromatic rings. The average Bonchev–Trinajstić information content (AvgIpc) is 2.64. The van der Waals surface area contributed by atoms with Crippen LogP contribution in [0, 0.1) is 0 Å². The van der Waals surface area contributed by atoms with Gasteiger partial charge in [-0.05, 0) is 13.8 Å². The maximum Gasteiger partial charge on any atom is 0.205 e. The Morgan fingerprint density at radius 3 is 2.60 bits per heavy atom. The molecule has 0 bridgehead atoms. The fraction of sp³-hybridized carbons (Fsp3) is 0.800. The molecule has 2 atom stereocenters. The van der Waals surface area contributed by atoms with Gasteiger partial charge in [0.05, 0.1) is 0 Å². The number of aryl methyl sites for hydroxylation is 1. The Kier molecular flexibility index (Phi) is 3.21. The zero-order chi connectivity index (χ0) is 10.8. The Morgan fingerprint density at radius 2 is 2.07 bits per heavy atom. The van der Waals surface area contributed by atoms with Crippen LogP contribution in [0.4, 0.5) is 5.13 Å². The number of hydrogen-bond acceptors (Lipinski definition) is 5. The molecule has 1 saturated heterocycles. The van der Waals surface area contributed by atoms with Crippen LogP contribution in [0.2, 0.25) is 0 Å². The molecule has 0 radical (unpaired) electrons. The van der Waals surface area contributed by atoms with E-state index in [0.717, 1.165) is 30.5 Å². The Bertz CT molecular complexity index is 315. The highest BCUT2D eigenvalue weighted by molar-refractivity contribution is 7.09. The van der Waals surface area contributed by atoms with Crippen molar-refractivity contribution in [1.29, 1.82) is 0 Å². The fourth-order valence-corrected chi connectivity index (χ4v) is 2.77. The predicted molar refractivity (Wildman–Crippen MR) is 63.6 cm³/mol. The third kappa shape index (κ3) is 2.46. The maximum atomic E-state index is 4.53. The summed E-state index contributed by atoms with van der Waals surface area (Å²) < 4.78 is 4.33. The molecule has 0 aromatic carbocycles. The first-order valence-corrected chi connectivity index (χ1v) is 6.30. The number of nitrogens with zero attached hydrogens (tertiary/aromatic N) is 3. The van der Waals surface area contributed by atoms with E-state index in [1.165, 1.54) is 11.5 Å². The number of rotatable bonds is 2. The van der Waals surface area contributed by atoms with Gasteiger partial charge in [0.2, 0.25) is 5.13 Å². The molecule has 15 heavy (non-hydrogen) atoms. The van der Waals surface area contributed by atoms with Crippen LogP contribution in [-0.2, 0) is 6.42 Å². The lowest BCUT2D eigenvalue weighted by atomic mass is 10.2.